The summed E-state index contributed by atoms with van der Waals surface area (Å²) in [5, 5.41) is 0. The van der Waals surface area contributed by atoms with Crippen molar-refractivity contribution in [2.75, 3.05) is 53.5 Å². The Morgan fingerprint density at radius 3 is 2.40 bits per heavy atom. The first kappa shape index (κ1) is 11.4. The third-order valence-corrected chi connectivity index (χ3v) is 3.95. The second-order valence-electron chi connectivity index (χ2n) is 5.36. The second-order valence-corrected chi connectivity index (χ2v) is 5.36. The zero-order valence-electron chi connectivity index (χ0n) is 10.2. The molecular weight excluding hydrogens is 188 g/mol. The molecule has 0 aromatic carbocycles. The topological polar surface area (TPSA) is 15.7 Å². The molecule has 2 aliphatic heterocycles. The van der Waals surface area contributed by atoms with E-state index >= 15 is 0 Å². The summed E-state index contributed by atoms with van der Waals surface area (Å²) in [6.07, 6.45) is 4.00. The molecule has 2 aliphatic rings. The van der Waals surface area contributed by atoms with Gasteiger partial charge in [-0.25, -0.2) is 0 Å². The van der Waals surface area contributed by atoms with Crippen LogP contribution in [0, 0.1) is 5.41 Å². The third-order valence-electron chi connectivity index (χ3n) is 3.95. The smallest absolute Gasteiger partial charge is 0.0474 e. The number of methoxy groups -OCH3 is 1. The van der Waals surface area contributed by atoms with Crippen molar-refractivity contribution in [3.05, 3.63) is 0 Å². The highest BCUT2D eigenvalue weighted by atomic mass is 16.5. The van der Waals surface area contributed by atoms with Gasteiger partial charge in [0.05, 0.1) is 0 Å². The third kappa shape index (κ3) is 2.71. The van der Waals surface area contributed by atoms with Crippen molar-refractivity contribution < 1.29 is 4.74 Å². The number of hydrogen-bond donors (Lipinski definition) is 0. The van der Waals surface area contributed by atoms with Crippen LogP contribution in [-0.2, 0) is 4.74 Å². The van der Waals surface area contributed by atoms with Crippen LogP contribution in [0.2, 0.25) is 0 Å². The van der Waals surface area contributed by atoms with Crippen LogP contribution < -0.4 is 0 Å². The van der Waals surface area contributed by atoms with Crippen molar-refractivity contribution in [2.45, 2.75) is 19.3 Å². The molecule has 0 atom stereocenters. The van der Waals surface area contributed by atoms with E-state index in [9.17, 15) is 0 Å². The molecule has 0 saturated carbocycles. The molecule has 0 N–H and O–H groups in total. The highest BCUT2D eigenvalue weighted by Gasteiger charge is 2.42. The summed E-state index contributed by atoms with van der Waals surface area (Å²) in [4.78, 5) is 5.04. The highest BCUT2D eigenvalue weighted by molar-refractivity contribution is 4.96. The van der Waals surface area contributed by atoms with E-state index in [4.69, 9.17) is 4.74 Å². The van der Waals surface area contributed by atoms with Crippen LogP contribution in [0.3, 0.4) is 0 Å². The van der Waals surface area contributed by atoms with E-state index in [2.05, 4.69) is 16.8 Å². The largest absolute Gasteiger partial charge is 0.385 e. The molecule has 0 radical (unpaired) electrons. The molecule has 0 aliphatic carbocycles. The minimum absolute atomic E-state index is 0.701. The second kappa shape index (κ2) is 4.81. The molecule has 2 rings (SSSR count). The van der Waals surface area contributed by atoms with Crippen LogP contribution in [0.1, 0.15) is 19.3 Å². The standard InChI is InChI=1S/C12H24N2O/c1-13-10-12(11-13)4-7-14(8-5-12)6-3-9-15-2/h3-11H2,1-2H3. The normalized spacial score (nSPS) is 26.8. The highest BCUT2D eigenvalue weighted by Crippen LogP contribution is 2.39. The maximum Gasteiger partial charge on any atom is 0.0474 e. The molecule has 3 nitrogen and oxygen atoms in total. The molecule has 0 aromatic heterocycles. The van der Waals surface area contributed by atoms with Crippen molar-refractivity contribution in [1.29, 1.82) is 0 Å². The van der Waals surface area contributed by atoms with E-state index in [1.54, 1.807) is 7.11 Å². The molecule has 0 aromatic rings. The molecule has 0 bridgehead atoms. The molecule has 3 heteroatoms. The summed E-state index contributed by atoms with van der Waals surface area (Å²) in [6, 6.07) is 0. The molecule has 2 fully saturated rings. The van der Waals surface area contributed by atoms with Gasteiger partial charge in [-0.2, -0.15) is 0 Å². The first-order chi connectivity index (χ1) is 7.24. The minimum atomic E-state index is 0.701. The average Bonchev–Trinajstić information content (AvgIpc) is 2.19. The Morgan fingerprint density at radius 1 is 1.20 bits per heavy atom. The van der Waals surface area contributed by atoms with E-state index in [1.165, 1.54) is 52.0 Å². The van der Waals surface area contributed by atoms with Gasteiger partial charge in [0.25, 0.3) is 0 Å². The predicted octanol–water partition coefficient (Wildman–Crippen LogP) is 1.05. The number of likely N-dealkylation sites (tertiary alicyclic amines) is 2. The number of rotatable bonds is 4. The fraction of sp³-hybridized carbons (Fsp3) is 1.00. The zero-order valence-corrected chi connectivity index (χ0v) is 10.2. The van der Waals surface area contributed by atoms with E-state index in [0.717, 1.165) is 6.61 Å². The van der Waals surface area contributed by atoms with Crippen LogP contribution in [0.4, 0.5) is 0 Å². The first-order valence-corrected chi connectivity index (χ1v) is 6.14. The molecule has 88 valence electrons. The fourth-order valence-corrected chi connectivity index (χ4v) is 3.10. The van der Waals surface area contributed by atoms with Crippen LogP contribution in [-0.4, -0.2) is 63.3 Å². The number of piperidine rings is 1. The summed E-state index contributed by atoms with van der Waals surface area (Å²) < 4.78 is 5.09. The maximum atomic E-state index is 5.09. The van der Waals surface area contributed by atoms with Gasteiger partial charge in [-0.1, -0.05) is 0 Å². The summed E-state index contributed by atoms with van der Waals surface area (Å²) in [6.45, 7) is 7.40. The van der Waals surface area contributed by atoms with Gasteiger partial charge < -0.3 is 14.5 Å². The van der Waals surface area contributed by atoms with Gasteiger partial charge in [0, 0.05) is 33.4 Å². The summed E-state index contributed by atoms with van der Waals surface area (Å²) in [5.41, 5.74) is 0.701. The summed E-state index contributed by atoms with van der Waals surface area (Å²) >= 11 is 0. The average molecular weight is 212 g/mol. The van der Waals surface area contributed by atoms with E-state index < -0.39 is 0 Å². The summed E-state index contributed by atoms with van der Waals surface area (Å²) in [7, 11) is 4.02. The lowest BCUT2D eigenvalue weighted by Gasteiger charge is -2.53. The van der Waals surface area contributed by atoms with Crippen molar-refractivity contribution >= 4 is 0 Å². The Morgan fingerprint density at radius 2 is 1.87 bits per heavy atom. The van der Waals surface area contributed by atoms with Gasteiger partial charge in [0.1, 0.15) is 0 Å². The zero-order chi connectivity index (χ0) is 10.7. The number of hydrogen-bond acceptors (Lipinski definition) is 3. The molecular formula is C12H24N2O. The van der Waals surface area contributed by atoms with Crippen molar-refractivity contribution in [1.82, 2.24) is 9.80 Å². The Balaban J connectivity index is 1.64. The van der Waals surface area contributed by atoms with Gasteiger partial charge in [-0.3, -0.25) is 0 Å². The lowest BCUT2D eigenvalue weighted by molar-refractivity contribution is -0.0322. The minimum Gasteiger partial charge on any atom is -0.385 e. The molecule has 15 heavy (non-hydrogen) atoms. The summed E-state index contributed by atoms with van der Waals surface area (Å²) in [5.74, 6) is 0. The number of ether oxygens (including phenoxy) is 1. The van der Waals surface area contributed by atoms with Gasteiger partial charge in [0.2, 0.25) is 0 Å². The van der Waals surface area contributed by atoms with Gasteiger partial charge in [-0.05, 0) is 44.8 Å². The van der Waals surface area contributed by atoms with Crippen LogP contribution in [0.25, 0.3) is 0 Å². The maximum absolute atomic E-state index is 5.09. The molecule has 0 unspecified atom stereocenters. The van der Waals surface area contributed by atoms with E-state index in [-0.39, 0.29) is 0 Å². The molecule has 1 spiro atoms. The van der Waals surface area contributed by atoms with Crippen LogP contribution >= 0.6 is 0 Å². The Kier molecular flexibility index (Phi) is 3.65. The van der Waals surface area contributed by atoms with Crippen LogP contribution in [0.15, 0.2) is 0 Å². The Hall–Kier alpha value is -0.120. The first-order valence-electron chi connectivity index (χ1n) is 6.14. The van der Waals surface area contributed by atoms with E-state index in [1.807, 2.05) is 0 Å². The van der Waals surface area contributed by atoms with Gasteiger partial charge >= 0.3 is 0 Å². The quantitative estimate of drug-likeness (QED) is 0.648. The van der Waals surface area contributed by atoms with Crippen molar-refractivity contribution in [3.8, 4) is 0 Å². The van der Waals surface area contributed by atoms with Crippen molar-refractivity contribution in [2.24, 2.45) is 5.41 Å². The Labute approximate surface area is 93.4 Å². The molecule has 2 saturated heterocycles. The van der Waals surface area contributed by atoms with E-state index in [0.29, 0.717) is 5.41 Å². The van der Waals surface area contributed by atoms with Gasteiger partial charge in [-0.15, -0.1) is 0 Å². The number of nitrogens with zero attached hydrogens (tertiary/aromatic N) is 2. The van der Waals surface area contributed by atoms with Crippen LogP contribution in [0.5, 0.6) is 0 Å². The Bertz CT molecular complexity index is 192. The lowest BCUT2D eigenvalue weighted by Crippen LogP contribution is -2.58. The van der Waals surface area contributed by atoms with Gasteiger partial charge in [0.15, 0.2) is 0 Å². The molecule has 2 heterocycles. The monoisotopic (exact) mass is 212 g/mol. The van der Waals surface area contributed by atoms with Crippen molar-refractivity contribution in [3.63, 3.8) is 0 Å². The fourth-order valence-electron chi connectivity index (χ4n) is 3.10. The molecule has 0 amide bonds. The SMILES string of the molecule is COCCCN1CCC2(CC1)CN(C)C2. The predicted molar refractivity (Wildman–Crippen MR) is 62.1 cm³/mol. The lowest BCUT2D eigenvalue weighted by atomic mass is 9.72.